The highest BCUT2D eigenvalue weighted by molar-refractivity contribution is 6.30. The van der Waals surface area contributed by atoms with E-state index in [1.807, 2.05) is 5.32 Å². The number of nitrogens with one attached hydrogen (secondary N) is 2. The lowest BCUT2D eigenvalue weighted by atomic mass is 9.80. The number of carbonyl (C=O) groups excluding carboxylic acids is 1. The number of amides is 2. The number of alkyl halides is 7. The molecule has 7 nitrogen and oxygen atoms in total. The molecule has 262 valence electrons. The standard InChI is InChI=1S/C33H28ClF8N3O4/c34-23-11-12-27(43-17-23)31(16-20-7-3-1-4-8-20,22-13-24(35)15-25(14-22)49-33(41,42)29(36)37)45-30(47)44-26(28(46)32(38,39)40)19-48-18-21-9-5-2-6-10-21/h1-15,17,26,28-29,46H,16,18-19H2,(H2,44,45,47)/t26-,28-,31+/m1/s1. The van der Waals surface area contributed by atoms with Gasteiger partial charge in [0.05, 0.1) is 30.0 Å². The van der Waals surface area contributed by atoms with Gasteiger partial charge in [-0.05, 0) is 41.0 Å². The van der Waals surface area contributed by atoms with Gasteiger partial charge in [-0.15, -0.1) is 0 Å². The van der Waals surface area contributed by atoms with Crippen LogP contribution in [0.4, 0.5) is 39.9 Å². The number of ether oxygens (including phenoxy) is 2. The normalized spacial score (nSPS) is 14.5. The van der Waals surface area contributed by atoms with Gasteiger partial charge in [0.15, 0.2) is 6.10 Å². The molecule has 2 amide bonds. The average Bonchev–Trinajstić information content (AvgIpc) is 3.04. The minimum Gasteiger partial charge on any atom is -0.428 e. The van der Waals surface area contributed by atoms with Gasteiger partial charge in [0.2, 0.25) is 0 Å². The van der Waals surface area contributed by atoms with Gasteiger partial charge in [-0.1, -0.05) is 72.3 Å². The molecular formula is C33H28ClF8N3O4. The predicted molar refractivity (Wildman–Crippen MR) is 162 cm³/mol. The molecule has 0 fully saturated rings. The van der Waals surface area contributed by atoms with E-state index in [-0.39, 0.29) is 29.3 Å². The molecule has 0 spiro atoms. The number of aliphatic hydroxyl groups excluding tert-OH is 1. The molecule has 0 saturated carbocycles. The largest absolute Gasteiger partial charge is 0.461 e. The summed E-state index contributed by atoms with van der Waals surface area (Å²) in [6, 6.07) is 17.4. The molecule has 0 aliphatic heterocycles. The van der Waals surface area contributed by atoms with Crippen molar-refractivity contribution in [2.45, 2.75) is 49.4 Å². The van der Waals surface area contributed by atoms with Gasteiger partial charge in [-0.2, -0.15) is 30.7 Å². The summed E-state index contributed by atoms with van der Waals surface area (Å²) < 4.78 is 119. The maximum atomic E-state index is 15.1. The van der Waals surface area contributed by atoms with E-state index in [0.717, 1.165) is 18.3 Å². The average molecular weight is 718 g/mol. The van der Waals surface area contributed by atoms with E-state index in [4.69, 9.17) is 16.3 Å². The minimum atomic E-state index is -5.21. The minimum absolute atomic E-state index is 0.102. The Morgan fingerprint density at radius 2 is 1.53 bits per heavy atom. The van der Waals surface area contributed by atoms with E-state index in [0.29, 0.717) is 17.2 Å². The van der Waals surface area contributed by atoms with Gasteiger partial charge >= 0.3 is 24.7 Å². The summed E-state index contributed by atoms with van der Waals surface area (Å²) >= 11 is 6.02. The second-order valence-corrected chi connectivity index (χ2v) is 11.2. The lowest BCUT2D eigenvalue weighted by molar-refractivity contribution is -0.253. The van der Waals surface area contributed by atoms with Crippen LogP contribution in [-0.4, -0.2) is 53.6 Å². The zero-order valence-corrected chi connectivity index (χ0v) is 25.9. The van der Waals surface area contributed by atoms with Crippen molar-refractivity contribution >= 4 is 17.6 Å². The summed E-state index contributed by atoms with van der Waals surface area (Å²) in [5, 5.41) is 14.8. The Bertz CT molecular complexity index is 1670. The highest BCUT2D eigenvalue weighted by atomic mass is 35.5. The molecule has 0 radical (unpaired) electrons. The summed E-state index contributed by atoms with van der Waals surface area (Å²) in [5.41, 5.74) is -1.61. The van der Waals surface area contributed by atoms with Crippen molar-refractivity contribution in [3.63, 3.8) is 0 Å². The number of benzene rings is 3. The van der Waals surface area contributed by atoms with E-state index in [2.05, 4.69) is 15.0 Å². The van der Waals surface area contributed by atoms with Gasteiger partial charge in [0, 0.05) is 18.7 Å². The Morgan fingerprint density at radius 1 is 0.898 bits per heavy atom. The van der Waals surface area contributed by atoms with Crippen molar-refractivity contribution < 1.29 is 54.5 Å². The van der Waals surface area contributed by atoms with E-state index >= 15 is 4.39 Å². The molecule has 3 aromatic carbocycles. The van der Waals surface area contributed by atoms with Crippen LogP contribution < -0.4 is 15.4 Å². The van der Waals surface area contributed by atoms with Gasteiger partial charge in [0.1, 0.15) is 17.1 Å². The first-order valence-corrected chi connectivity index (χ1v) is 14.7. The zero-order chi connectivity index (χ0) is 35.8. The quantitative estimate of drug-likeness (QED) is 0.118. The SMILES string of the molecule is O=C(N[C@H](COCc1ccccc1)[C@@H](O)C(F)(F)F)N[C@@](Cc1ccccc1)(c1cc(F)cc(OC(F)(F)C(F)F)c1)c1ccc(Cl)cn1. The fourth-order valence-electron chi connectivity index (χ4n) is 4.84. The number of nitrogens with zero attached hydrogens (tertiary/aromatic N) is 1. The number of rotatable bonds is 14. The molecule has 0 bridgehead atoms. The molecule has 49 heavy (non-hydrogen) atoms. The van der Waals surface area contributed by atoms with Gasteiger partial charge in [0.25, 0.3) is 0 Å². The Morgan fingerprint density at radius 3 is 2.10 bits per heavy atom. The highest BCUT2D eigenvalue weighted by Crippen LogP contribution is 2.37. The lowest BCUT2D eigenvalue weighted by Crippen LogP contribution is -2.59. The maximum Gasteiger partial charge on any atom is 0.461 e. The zero-order valence-electron chi connectivity index (χ0n) is 25.1. The first-order chi connectivity index (χ1) is 23.1. The smallest absolute Gasteiger partial charge is 0.428 e. The second-order valence-electron chi connectivity index (χ2n) is 10.8. The van der Waals surface area contributed by atoms with E-state index in [1.165, 1.54) is 12.1 Å². The molecule has 1 aromatic heterocycles. The summed E-state index contributed by atoms with van der Waals surface area (Å²) in [7, 11) is 0. The maximum absolute atomic E-state index is 15.1. The van der Waals surface area contributed by atoms with Crippen LogP contribution in [0.2, 0.25) is 5.02 Å². The highest BCUT2D eigenvalue weighted by Gasteiger charge is 2.47. The van der Waals surface area contributed by atoms with Crippen molar-refractivity contribution in [1.82, 2.24) is 15.6 Å². The van der Waals surface area contributed by atoms with Gasteiger partial charge in [-0.3, -0.25) is 4.98 Å². The molecule has 16 heteroatoms. The molecule has 1 heterocycles. The van der Waals surface area contributed by atoms with E-state index in [1.54, 1.807) is 60.7 Å². The topological polar surface area (TPSA) is 92.7 Å². The number of carbonyl (C=O) groups is 1. The van der Waals surface area contributed by atoms with Gasteiger partial charge in [-0.25, -0.2) is 9.18 Å². The van der Waals surface area contributed by atoms with Crippen LogP contribution in [0.25, 0.3) is 0 Å². The first-order valence-electron chi connectivity index (χ1n) is 14.4. The fourth-order valence-corrected chi connectivity index (χ4v) is 4.95. The van der Waals surface area contributed by atoms with E-state index in [9.17, 15) is 40.6 Å². The number of pyridine rings is 1. The fraction of sp³-hybridized carbons (Fsp3) is 0.273. The van der Waals surface area contributed by atoms with Crippen LogP contribution in [0, 0.1) is 5.82 Å². The van der Waals surface area contributed by atoms with E-state index < -0.39 is 60.6 Å². The molecule has 0 aliphatic carbocycles. The number of urea groups is 1. The first kappa shape index (κ1) is 37.4. The predicted octanol–water partition coefficient (Wildman–Crippen LogP) is 7.40. The third kappa shape index (κ3) is 10.0. The van der Waals surface area contributed by atoms with Gasteiger partial charge < -0.3 is 25.2 Å². The monoisotopic (exact) mass is 717 g/mol. The second kappa shape index (κ2) is 15.8. The number of hydrogen-bond donors (Lipinski definition) is 3. The molecule has 0 unspecified atom stereocenters. The van der Waals surface area contributed by atoms with Crippen LogP contribution in [0.5, 0.6) is 5.75 Å². The lowest BCUT2D eigenvalue weighted by Gasteiger charge is -2.36. The van der Waals surface area contributed by atoms with Crippen LogP contribution in [-0.2, 0) is 23.3 Å². The van der Waals surface area contributed by atoms with Crippen LogP contribution in [0.1, 0.15) is 22.4 Å². The molecular weight excluding hydrogens is 690 g/mol. The summed E-state index contributed by atoms with van der Waals surface area (Å²) in [5.74, 6) is -2.32. The van der Waals surface area contributed by atoms with Crippen LogP contribution >= 0.6 is 11.6 Å². The summed E-state index contributed by atoms with van der Waals surface area (Å²) in [4.78, 5) is 17.9. The number of aromatic nitrogens is 1. The Balaban J connectivity index is 1.79. The Labute approximate surface area is 279 Å². The van der Waals surface area contributed by atoms with Crippen LogP contribution in [0.3, 0.4) is 0 Å². The Hall–Kier alpha value is -4.47. The summed E-state index contributed by atoms with van der Waals surface area (Å²) in [6.07, 6.45) is -16.9. The van der Waals surface area contributed by atoms with Crippen molar-refractivity contribution in [1.29, 1.82) is 0 Å². The van der Waals surface area contributed by atoms with Crippen molar-refractivity contribution in [2.75, 3.05) is 6.61 Å². The Kier molecular flexibility index (Phi) is 12.1. The van der Waals surface area contributed by atoms with Crippen molar-refractivity contribution in [3.05, 3.63) is 130 Å². The third-order valence-corrected chi connectivity index (χ3v) is 7.34. The van der Waals surface area contributed by atoms with Crippen LogP contribution in [0.15, 0.2) is 97.2 Å². The van der Waals surface area contributed by atoms with Crippen molar-refractivity contribution in [2.24, 2.45) is 0 Å². The molecule has 3 N–H and O–H groups in total. The summed E-state index contributed by atoms with van der Waals surface area (Å²) in [6.45, 7) is -0.998. The number of halogens is 9. The third-order valence-electron chi connectivity index (χ3n) is 7.12. The molecule has 0 aliphatic rings. The van der Waals surface area contributed by atoms with Crippen molar-refractivity contribution in [3.8, 4) is 5.75 Å². The molecule has 0 saturated heterocycles. The molecule has 4 rings (SSSR count). The number of hydrogen-bond acceptors (Lipinski definition) is 5. The molecule has 3 atom stereocenters. The number of aliphatic hydroxyl groups is 1. The molecule has 4 aromatic rings.